The van der Waals surface area contributed by atoms with E-state index in [2.05, 4.69) is 10.6 Å². The van der Waals surface area contributed by atoms with Gasteiger partial charge in [-0.1, -0.05) is 11.6 Å². The molecule has 1 atom stereocenters. The van der Waals surface area contributed by atoms with Crippen LogP contribution in [0.1, 0.15) is 24.2 Å². The molecule has 20 heavy (non-hydrogen) atoms. The van der Waals surface area contributed by atoms with E-state index in [4.69, 9.17) is 11.6 Å². The van der Waals surface area contributed by atoms with Crippen molar-refractivity contribution in [2.75, 3.05) is 6.54 Å². The molecule has 7 nitrogen and oxygen atoms in total. The SMILES string of the molecule is CCNC(=O)C(C)NC(=O)c1cc([N+](=O)[O-])ccc1Cl. The summed E-state index contributed by atoms with van der Waals surface area (Å²) in [6.45, 7) is 3.70. The molecular formula is C12H14ClN3O4. The summed E-state index contributed by atoms with van der Waals surface area (Å²) >= 11 is 5.84. The van der Waals surface area contributed by atoms with Gasteiger partial charge in [0.25, 0.3) is 11.6 Å². The normalized spacial score (nSPS) is 11.6. The van der Waals surface area contributed by atoms with E-state index in [-0.39, 0.29) is 22.2 Å². The lowest BCUT2D eigenvalue weighted by Crippen LogP contribution is -2.44. The molecular weight excluding hydrogens is 286 g/mol. The van der Waals surface area contributed by atoms with Crippen LogP contribution in [-0.2, 0) is 4.79 Å². The molecule has 2 N–H and O–H groups in total. The molecule has 0 radical (unpaired) electrons. The van der Waals surface area contributed by atoms with Crippen LogP contribution < -0.4 is 10.6 Å². The number of likely N-dealkylation sites (N-methyl/N-ethyl adjacent to an activating group) is 1. The first kappa shape index (κ1) is 15.9. The molecule has 1 aromatic rings. The average Bonchev–Trinajstić information content (AvgIpc) is 2.38. The number of nitrogens with zero attached hydrogens (tertiary/aromatic N) is 1. The molecule has 0 saturated carbocycles. The highest BCUT2D eigenvalue weighted by atomic mass is 35.5. The number of nitrogens with one attached hydrogen (secondary N) is 2. The molecule has 108 valence electrons. The maximum Gasteiger partial charge on any atom is 0.270 e. The van der Waals surface area contributed by atoms with E-state index in [1.165, 1.54) is 19.1 Å². The van der Waals surface area contributed by atoms with Gasteiger partial charge < -0.3 is 10.6 Å². The second kappa shape index (κ2) is 6.85. The molecule has 0 fully saturated rings. The van der Waals surface area contributed by atoms with E-state index in [0.717, 1.165) is 6.07 Å². The summed E-state index contributed by atoms with van der Waals surface area (Å²) in [4.78, 5) is 33.5. The largest absolute Gasteiger partial charge is 0.355 e. The predicted molar refractivity (Wildman–Crippen MR) is 73.7 cm³/mol. The van der Waals surface area contributed by atoms with Crippen LogP contribution >= 0.6 is 11.6 Å². The summed E-state index contributed by atoms with van der Waals surface area (Å²) in [5, 5.41) is 15.7. The van der Waals surface area contributed by atoms with E-state index in [0.29, 0.717) is 6.54 Å². The van der Waals surface area contributed by atoms with Gasteiger partial charge in [-0.15, -0.1) is 0 Å². The molecule has 0 aliphatic rings. The first-order chi connectivity index (χ1) is 9.36. The average molecular weight is 300 g/mol. The predicted octanol–water partition coefficient (Wildman–Crippen LogP) is 1.50. The van der Waals surface area contributed by atoms with Gasteiger partial charge in [0.05, 0.1) is 15.5 Å². The number of amides is 2. The van der Waals surface area contributed by atoms with Crippen molar-refractivity contribution >= 4 is 29.1 Å². The van der Waals surface area contributed by atoms with Gasteiger partial charge in [-0.3, -0.25) is 19.7 Å². The molecule has 0 bridgehead atoms. The smallest absolute Gasteiger partial charge is 0.270 e. The number of carbonyl (C=O) groups is 2. The zero-order valence-corrected chi connectivity index (χ0v) is 11.7. The van der Waals surface area contributed by atoms with Crippen molar-refractivity contribution in [3.8, 4) is 0 Å². The fraction of sp³-hybridized carbons (Fsp3) is 0.333. The lowest BCUT2D eigenvalue weighted by Gasteiger charge is -2.13. The number of carbonyl (C=O) groups excluding carboxylic acids is 2. The lowest BCUT2D eigenvalue weighted by molar-refractivity contribution is -0.384. The van der Waals surface area contributed by atoms with Crippen molar-refractivity contribution < 1.29 is 14.5 Å². The van der Waals surface area contributed by atoms with Crippen LogP contribution in [-0.4, -0.2) is 29.3 Å². The number of benzene rings is 1. The van der Waals surface area contributed by atoms with Crippen molar-refractivity contribution in [1.82, 2.24) is 10.6 Å². The first-order valence-electron chi connectivity index (χ1n) is 5.89. The Balaban J connectivity index is 2.89. The molecule has 0 aromatic heterocycles. The molecule has 1 aromatic carbocycles. The molecule has 0 aliphatic carbocycles. The van der Waals surface area contributed by atoms with Gasteiger partial charge in [-0.2, -0.15) is 0 Å². The van der Waals surface area contributed by atoms with Gasteiger partial charge in [0, 0.05) is 18.7 Å². The minimum Gasteiger partial charge on any atom is -0.355 e. The summed E-state index contributed by atoms with van der Waals surface area (Å²) < 4.78 is 0. The molecule has 1 rings (SSSR count). The Hall–Kier alpha value is -2.15. The second-order valence-electron chi connectivity index (χ2n) is 4.01. The van der Waals surface area contributed by atoms with Crippen molar-refractivity contribution in [1.29, 1.82) is 0 Å². The summed E-state index contributed by atoms with van der Waals surface area (Å²) in [5.41, 5.74) is -0.290. The van der Waals surface area contributed by atoms with Crippen LogP contribution in [0.4, 0.5) is 5.69 Å². The van der Waals surface area contributed by atoms with Gasteiger partial charge in [0.1, 0.15) is 6.04 Å². The number of rotatable bonds is 5. The third-order valence-electron chi connectivity index (χ3n) is 2.50. The summed E-state index contributed by atoms with van der Waals surface area (Å²) in [5.74, 6) is -0.986. The highest BCUT2D eigenvalue weighted by Crippen LogP contribution is 2.22. The van der Waals surface area contributed by atoms with Gasteiger partial charge in [0.2, 0.25) is 5.91 Å². The lowest BCUT2D eigenvalue weighted by atomic mass is 10.1. The van der Waals surface area contributed by atoms with E-state index >= 15 is 0 Å². The number of non-ortho nitro benzene ring substituents is 1. The van der Waals surface area contributed by atoms with Crippen molar-refractivity contribution in [2.45, 2.75) is 19.9 Å². The maximum atomic E-state index is 12.0. The van der Waals surface area contributed by atoms with Gasteiger partial charge in [-0.05, 0) is 19.9 Å². The van der Waals surface area contributed by atoms with E-state index < -0.39 is 16.9 Å². The molecule has 2 amide bonds. The zero-order valence-electron chi connectivity index (χ0n) is 11.0. The van der Waals surface area contributed by atoms with Gasteiger partial charge in [0.15, 0.2) is 0 Å². The Kier molecular flexibility index (Phi) is 5.45. The third kappa shape index (κ3) is 3.92. The van der Waals surface area contributed by atoms with Gasteiger partial charge >= 0.3 is 0 Å². The van der Waals surface area contributed by atoms with Crippen LogP contribution in [0.15, 0.2) is 18.2 Å². The van der Waals surface area contributed by atoms with Crippen molar-refractivity contribution in [3.05, 3.63) is 38.9 Å². The van der Waals surface area contributed by atoms with Crippen molar-refractivity contribution in [3.63, 3.8) is 0 Å². The Morgan fingerprint density at radius 3 is 2.65 bits per heavy atom. The minimum absolute atomic E-state index is 0.0444. The van der Waals surface area contributed by atoms with E-state index in [1.807, 2.05) is 0 Å². The maximum absolute atomic E-state index is 12.0. The Bertz CT molecular complexity index is 548. The molecule has 0 saturated heterocycles. The highest BCUT2D eigenvalue weighted by molar-refractivity contribution is 6.34. The van der Waals surface area contributed by atoms with Gasteiger partial charge in [-0.25, -0.2) is 0 Å². The quantitative estimate of drug-likeness (QED) is 0.635. The van der Waals surface area contributed by atoms with Crippen molar-refractivity contribution in [2.24, 2.45) is 0 Å². The minimum atomic E-state index is -0.766. The van der Waals surface area contributed by atoms with Crippen LogP contribution in [0.3, 0.4) is 0 Å². The summed E-state index contributed by atoms with van der Waals surface area (Å²) in [7, 11) is 0. The number of halogens is 1. The van der Waals surface area contributed by atoms with Crippen LogP contribution in [0, 0.1) is 10.1 Å². The molecule has 0 spiro atoms. The second-order valence-corrected chi connectivity index (χ2v) is 4.42. The van der Waals surface area contributed by atoms with E-state index in [9.17, 15) is 19.7 Å². The van der Waals surface area contributed by atoms with E-state index in [1.54, 1.807) is 6.92 Å². The number of nitro groups is 1. The fourth-order valence-electron chi connectivity index (χ4n) is 1.47. The zero-order chi connectivity index (χ0) is 15.3. The van der Waals surface area contributed by atoms with Crippen LogP contribution in [0.2, 0.25) is 5.02 Å². The summed E-state index contributed by atoms with van der Waals surface area (Å²) in [6, 6.07) is 2.78. The Morgan fingerprint density at radius 2 is 2.10 bits per heavy atom. The monoisotopic (exact) mass is 299 g/mol. The molecule has 1 unspecified atom stereocenters. The fourth-order valence-corrected chi connectivity index (χ4v) is 1.67. The van der Waals surface area contributed by atoms with Crippen LogP contribution in [0.25, 0.3) is 0 Å². The number of hydrogen-bond donors (Lipinski definition) is 2. The standard InChI is InChI=1S/C12H14ClN3O4/c1-3-14-11(17)7(2)15-12(18)9-6-8(16(19)20)4-5-10(9)13/h4-7H,3H2,1-2H3,(H,14,17)(H,15,18). The number of nitro benzene ring substituents is 1. The Morgan fingerprint density at radius 1 is 1.45 bits per heavy atom. The molecule has 8 heteroatoms. The third-order valence-corrected chi connectivity index (χ3v) is 2.83. The Labute approximate surface area is 120 Å². The molecule has 0 aliphatic heterocycles. The number of hydrogen-bond acceptors (Lipinski definition) is 4. The summed E-state index contributed by atoms with van der Waals surface area (Å²) in [6.07, 6.45) is 0. The topological polar surface area (TPSA) is 101 Å². The highest BCUT2D eigenvalue weighted by Gasteiger charge is 2.20. The molecule has 0 heterocycles. The van der Waals surface area contributed by atoms with Crippen LogP contribution in [0.5, 0.6) is 0 Å². The first-order valence-corrected chi connectivity index (χ1v) is 6.27.